The molecule has 1 saturated heterocycles. The number of guanidine groups is 1. The van der Waals surface area contributed by atoms with Gasteiger partial charge in [0.25, 0.3) is 0 Å². The predicted molar refractivity (Wildman–Crippen MR) is 91.4 cm³/mol. The molecular formula is C16H23N5S. The van der Waals surface area contributed by atoms with Gasteiger partial charge >= 0.3 is 0 Å². The summed E-state index contributed by atoms with van der Waals surface area (Å²) >= 11 is 1.84. The van der Waals surface area contributed by atoms with E-state index in [4.69, 9.17) is 0 Å². The van der Waals surface area contributed by atoms with E-state index in [1.54, 1.807) is 0 Å². The maximum atomic E-state index is 4.44. The lowest BCUT2D eigenvalue weighted by atomic mass is 10.0. The van der Waals surface area contributed by atoms with Crippen LogP contribution in [0.15, 0.2) is 29.5 Å². The van der Waals surface area contributed by atoms with Gasteiger partial charge in [-0.2, -0.15) is 5.10 Å². The minimum atomic E-state index is 0.552. The van der Waals surface area contributed by atoms with Gasteiger partial charge in [0.1, 0.15) is 0 Å². The first kappa shape index (κ1) is 15.1. The van der Waals surface area contributed by atoms with Crippen molar-refractivity contribution in [1.29, 1.82) is 0 Å². The van der Waals surface area contributed by atoms with Gasteiger partial charge in [0.05, 0.1) is 12.7 Å². The van der Waals surface area contributed by atoms with Crippen LogP contribution in [0, 0.1) is 6.92 Å². The Labute approximate surface area is 135 Å². The third-order valence-electron chi connectivity index (χ3n) is 4.11. The highest BCUT2D eigenvalue weighted by Crippen LogP contribution is 2.26. The number of hydrogen-bond acceptors (Lipinski definition) is 3. The maximum absolute atomic E-state index is 4.44. The Morgan fingerprint density at radius 1 is 1.50 bits per heavy atom. The highest BCUT2D eigenvalue weighted by atomic mass is 32.1. The molecule has 1 N–H and O–H groups in total. The fraction of sp³-hybridized carbons (Fsp3) is 0.500. The van der Waals surface area contributed by atoms with Gasteiger partial charge in [-0.1, -0.05) is 0 Å². The number of aryl methyl sites for hydroxylation is 2. The molecule has 118 valence electrons. The number of aromatic nitrogens is 2. The minimum Gasteiger partial charge on any atom is -0.351 e. The Bertz CT molecular complexity index is 657. The number of nitrogens with one attached hydrogen (secondary N) is 1. The molecule has 1 atom stereocenters. The van der Waals surface area contributed by atoms with Crippen molar-refractivity contribution in [3.05, 3.63) is 39.8 Å². The van der Waals surface area contributed by atoms with E-state index in [-0.39, 0.29) is 0 Å². The van der Waals surface area contributed by atoms with E-state index < -0.39 is 0 Å². The van der Waals surface area contributed by atoms with Crippen molar-refractivity contribution in [3.63, 3.8) is 0 Å². The molecule has 1 aliphatic rings. The first-order chi connectivity index (χ1) is 10.7. The summed E-state index contributed by atoms with van der Waals surface area (Å²) in [5, 5.41) is 7.77. The van der Waals surface area contributed by atoms with Crippen LogP contribution in [0.25, 0.3) is 0 Å². The lowest BCUT2D eigenvalue weighted by Crippen LogP contribution is -2.39. The van der Waals surface area contributed by atoms with Crippen molar-refractivity contribution in [2.45, 2.75) is 25.8 Å². The monoisotopic (exact) mass is 317 g/mol. The lowest BCUT2D eigenvalue weighted by molar-refractivity contribution is 0.486. The molecule has 0 bridgehead atoms. The van der Waals surface area contributed by atoms with E-state index in [0.29, 0.717) is 5.92 Å². The standard InChI is InChI=1S/C16H23N5S/c1-12-4-5-15(22-12)9-18-16(17-2)21-7-6-13(11-21)14-8-19-20(3)10-14/h4-5,8,10,13H,6-7,9,11H2,1-3H3,(H,17,18). The van der Waals surface area contributed by atoms with Crippen LogP contribution < -0.4 is 5.32 Å². The zero-order valence-corrected chi connectivity index (χ0v) is 14.2. The van der Waals surface area contributed by atoms with Gasteiger partial charge < -0.3 is 10.2 Å². The molecule has 0 amide bonds. The number of nitrogens with zero attached hydrogens (tertiary/aromatic N) is 4. The predicted octanol–water partition coefficient (Wildman–Crippen LogP) is 2.35. The van der Waals surface area contributed by atoms with Crippen molar-refractivity contribution in [1.82, 2.24) is 20.0 Å². The molecule has 1 unspecified atom stereocenters. The summed E-state index contributed by atoms with van der Waals surface area (Å²) in [6, 6.07) is 4.35. The van der Waals surface area contributed by atoms with E-state index >= 15 is 0 Å². The quantitative estimate of drug-likeness (QED) is 0.698. The maximum Gasteiger partial charge on any atom is 0.193 e. The van der Waals surface area contributed by atoms with E-state index in [9.17, 15) is 0 Å². The zero-order chi connectivity index (χ0) is 15.5. The van der Waals surface area contributed by atoms with Gasteiger partial charge in [0.15, 0.2) is 5.96 Å². The van der Waals surface area contributed by atoms with Crippen molar-refractivity contribution in [2.75, 3.05) is 20.1 Å². The lowest BCUT2D eigenvalue weighted by Gasteiger charge is -2.21. The summed E-state index contributed by atoms with van der Waals surface area (Å²) < 4.78 is 1.88. The van der Waals surface area contributed by atoms with Crippen molar-refractivity contribution >= 4 is 17.3 Å². The van der Waals surface area contributed by atoms with Crippen LogP contribution >= 0.6 is 11.3 Å². The first-order valence-electron chi connectivity index (χ1n) is 7.65. The van der Waals surface area contributed by atoms with Crippen molar-refractivity contribution < 1.29 is 0 Å². The molecule has 2 aromatic heterocycles. The van der Waals surface area contributed by atoms with E-state index in [1.165, 1.54) is 15.3 Å². The second-order valence-corrected chi connectivity index (χ2v) is 7.16. The summed E-state index contributed by atoms with van der Waals surface area (Å²) in [6.45, 7) is 5.04. The molecule has 1 fully saturated rings. The average Bonchev–Trinajstić information content (AvgIpc) is 3.21. The SMILES string of the molecule is CN=C(NCc1ccc(C)s1)N1CCC(c2cnn(C)c2)C1. The summed E-state index contributed by atoms with van der Waals surface area (Å²) in [6.07, 6.45) is 5.27. The molecular weight excluding hydrogens is 294 g/mol. The zero-order valence-electron chi connectivity index (χ0n) is 13.4. The van der Waals surface area contributed by atoms with Crippen LogP contribution in [0.4, 0.5) is 0 Å². The van der Waals surface area contributed by atoms with Crippen LogP contribution in [-0.4, -0.2) is 40.8 Å². The average molecular weight is 317 g/mol. The number of rotatable bonds is 3. The highest BCUT2D eigenvalue weighted by Gasteiger charge is 2.26. The van der Waals surface area contributed by atoms with E-state index in [2.05, 4.69) is 45.6 Å². The van der Waals surface area contributed by atoms with Crippen LogP contribution in [0.5, 0.6) is 0 Å². The third-order valence-corrected chi connectivity index (χ3v) is 5.11. The molecule has 2 aromatic rings. The van der Waals surface area contributed by atoms with Crippen LogP contribution in [0.3, 0.4) is 0 Å². The largest absolute Gasteiger partial charge is 0.351 e. The van der Waals surface area contributed by atoms with Crippen LogP contribution in [0.1, 0.15) is 27.7 Å². The topological polar surface area (TPSA) is 45.5 Å². The summed E-state index contributed by atoms with van der Waals surface area (Å²) in [5.41, 5.74) is 1.33. The molecule has 3 rings (SSSR count). The van der Waals surface area contributed by atoms with Gasteiger partial charge in [-0.05, 0) is 31.0 Å². The smallest absolute Gasteiger partial charge is 0.193 e. The molecule has 6 heteroatoms. The van der Waals surface area contributed by atoms with Gasteiger partial charge in [0, 0.05) is 49.1 Å². The fourth-order valence-corrected chi connectivity index (χ4v) is 3.78. The Morgan fingerprint density at radius 3 is 3.00 bits per heavy atom. The Hall–Kier alpha value is -1.82. The van der Waals surface area contributed by atoms with Crippen molar-refractivity contribution in [2.24, 2.45) is 12.0 Å². The molecule has 5 nitrogen and oxygen atoms in total. The van der Waals surface area contributed by atoms with Gasteiger partial charge in [-0.3, -0.25) is 9.67 Å². The number of likely N-dealkylation sites (tertiary alicyclic amines) is 1. The Morgan fingerprint density at radius 2 is 2.36 bits per heavy atom. The van der Waals surface area contributed by atoms with Crippen LogP contribution in [-0.2, 0) is 13.6 Å². The molecule has 0 aromatic carbocycles. The number of aliphatic imine (C=N–C) groups is 1. The molecule has 22 heavy (non-hydrogen) atoms. The second kappa shape index (κ2) is 6.52. The Kier molecular flexibility index (Phi) is 4.47. The minimum absolute atomic E-state index is 0.552. The summed E-state index contributed by atoms with van der Waals surface area (Å²) in [4.78, 5) is 9.49. The molecule has 0 radical (unpaired) electrons. The van der Waals surface area contributed by atoms with Gasteiger partial charge in [-0.15, -0.1) is 11.3 Å². The van der Waals surface area contributed by atoms with Gasteiger partial charge in [-0.25, -0.2) is 0 Å². The fourth-order valence-electron chi connectivity index (χ4n) is 2.95. The van der Waals surface area contributed by atoms with Crippen molar-refractivity contribution in [3.8, 4) is 0 Å². The highest BCUT2D eigenvalue weighted by molar-refractivity contribution is 7.11. The second-order valence-electron chi connectivity index (χ2n) is 5.79. The van der Waals surface area contributed by atoms with Crippen LogP contribution in [0.2, 0.25) is 0 Å². The Balaban J connectivity index is 1.58. The summed E-state index contributed by atoms with van der Waals surface area (Å²) in [7, 11) is 3.83. The molecule has 0 saturated carbocycles. The molecule has 0 aliphatic carbocycles. The van der Waals surface area contributed by atoms with E-state index in [1.807, 2.05) is 36.3 Å². The first-order valence-corrected chi connectivity index (χ1v) is 8.47. The van der Waals surface area contributed by atoms with Gasteiger partial charge in [0.2, 0.25) is 0 Å². The van der Waals surface area contributed by atoms with E-state index in [0.717, 1.165) is 32.0 Å². The third kappa shape index (κ3) is 3.32. The molecule has 1 aliphatic heterocycles. The number of hydrogen-bond donors (Lipinski definition) is 1. The summed E-state index contributed by atoms with van der Waals surface area (Å²) in [5.74, 6) is 1.55. The molecule has 0 spiro atoms. The normalized spacial score (nSPS) is 19.0. The number of thiophene rings is 1. The molecule has 3 heterocycles.